The number of halogens is 1. The molecule has 0 amide bonds. The Labute approximate surface area is 88.8 Å². The molecule has 0 aliphatic heterocycles. The molecule has 12 heavy (non-hydrogen) atoms. The first kappa shape index (κ1) is 10.4. The summed E-state index contributed by atoms with van der Waals surface area (Å²) in [6.07, 6.45) is 3.88. The Morgan fingerprint density at radius 2 is 2.25 bits per heavy atom. The van der Waals surface area contributed by atoms with E-state index in [-0.39, 0.29) is 0 Å². The number of hydrogen-bond acceptors (Lipinski definition) is 5. The van der Waals surface area contributed by atoms with Gasteiger partial charge in [0.1, 0.15) is 0 Å². The molecule has 0 atom stereocenters. The molecule has 0 saturated heterocycles. The Morgan fingerprint density at radius 3 is 2.83 bits per heavy atom. The number of nitrogens with zero attached hydrogens (tertiary/aromatic N) is 2. The van der Waals surface area contributed by atoms with Crippen LogP contribution in [0.3, 0.4) is 0 Å². The summed E-state index contributed by atoms with van der Waals surface area (Å²) in [4.78, 5) is 0. The molecule has 0 aliphatic carbocycles. The highest BCUT2D eigenvalue weighted by Gasteiger charge is 2.01. The molecule has 0 N–H and O–H groups in total. The summed E-state index contributed by atoms with van der Waals surface area (Å²) in [7, 11) is 0. The van der Waals surface area contributed by atoms with Crippen molar-refractivity contribution >= 4 is 46.5 Å². The first-order valence-electron chi connectivity index (χ1n) is 3.12. The van der Waals surface area contributed by atoms with Crippen molar-refractivity contribution in [1.82, 2.24) is 10.2 Å². The molecule has 0 radical (unpaired) electrons. The monoisotopic (exact) mass is 238 g/mol. The van der Waals surface area contributed by atoms with Crippen LogP contribution in [0.4, 0.5) is 0 Å². The normalized spacial score (nSPS) is 11.2. The van der Waals surface area contributed by atoms with Gasteiger partial charge in [-0.2, -0.15) is 0 Å². The molecule has 66 valence electrons. The highest BCUT2D eigenvalue weighted by molar-refractivity contribution is 8.03. The maximum atomic E-state index is 5.37. The fraction of sp³-hybridized carbons (Fsp3) is 0.333. The Kier molecular flexibility index (Phi) is 5.06. The van der Waals surface area contributed by atoms with Crippen LogP contribution >= 0.6 is 46.5 Å². The maximum Gasteiger partial charge on any atom is 0.175 e. The van der Waals surface area contributed by atoms with E-state index in [1.54, 1.807) is 34.9 Å². The molecular weight excluding hydrogens is 232 g/mol. The van der Waals surface area contributed by atoms with E-state index in [0.717, 1.165) is 14.4 Å². The molecule has 0 unspecified atom stereocenters. The minimum absolute atomic E-state index is 0.854. The average Bonchev–Trinajstić information content (AvgIpc) is 2.53. The second-order valence-corrected chi connectivity index (χ2v) is 5.26. The molecule has 1 aromatic heterocycles. The van der Waals surface area contributed by atoms with Crippen LogP contribution in [0.15, 0.2) is 20.3 Å². The SMILES string of the molecule is CSc1nnc(SCC=CCl)s1. The van der Waals surface area contributed by atoms with Crippen molar-refractivity contribution in [2.75, 3.05) is 12.0 Å². The molecule has 1 aromatic rings. The van der Waals surface area contributed by atoms with Crippen LogP contribution in [0, 0.1) is 0 Å². The van der Waals surface area contributed by atoms with Gasteiger partial charge in [-0.15, -0.1) is 10.2 Å². The molecule has 2 nitrogen and oxygen atoms in total. The van der Waals surface area contributed by atoms with Gasteiger partial charge in [0.05, 0.1) is 0 Å². The van der Waals surface area contributed by atoms with Crippen molar-refractivity contribution in [3.63, 3.8) is 0 Å². The van der Waals surface area contributed by atoms with E-state index in [1.165, 1.54) is 5.54 Å². The first-order valence-corrected chi connectivity index (χ1v) is 6.58. The largest absolute Gasteiger partial charge is 0.175 e. The molecule has 0 aliphatic rings. The summed E-state index contributed by atoms with van der Waals surface area (Å²) in [5, 5.41) is 7.96. The van der Waals surface area contributed by atoms with E-state index >= 15 is 0 Å². The number of hydrogen-bond donors (Lipinski definition) is 0. The lowest BCUT2D eigenvalue weighted by Gasteiger charge is -1.86. The summed E-state index contributed by atoms with van der Waals surface area (Å²) in [5.74, 6) is 0.854. The molecule has 6 heteroatoms. The van der Waals surface area contributed by atoms with Crippen molar-refractivity contribution in [3.05, 3.63) is 11.6 Å². The Morgan fingerprint density at radius 1 is 1.50 bits per heavy atom. The minimum Gasteiger partial charge on any atom is -0.131 e. The van der Waals surface area contributed by atoms with Gasteiger partial charge in [-0.1, -0.05) is 52.5 Å². The predicted molar refractivity (Wildman–Crippen MR) is 57.4 cm³/mol. The van der Waals surface area contributed by atoms with Crippen LogP contribution in [0.5, 0.6) is 0 Å². The van der Waals surface area contributed by atoms with Gasteiger partial charge in [-0.05, 0) is 6.26 Å². The summed E-state index contributed by atoms with van der Waals surface area (Å²) >= 11 is 10.2. The van der Waals surface area contributed by atoms with Crippen LogP contribution in [0.1, 0.15) is 0 Å². The molecule has 0 bridgehead atoms. The quantitative estimate of drug-likeness (QED) is 0.753. The molecule has 0 saturated carbocycles. The lowest BCUT2D eigenvalue weighted by atomic mass is 10.8. The lowest BCUT2D eigenvalue weighted by Crippen LogP contribution is -1.72. The predicted octanol–water partition coefficient (Wildman–Crippen LogP) is 3.10. The van der Waals surface area contributed by atoms with E-state index in [9.17, 15) is 0 Å². The van der Waals surface area contributed by atoms with Gasteiger partial charge in [0, 0.05) is 11.3 Å². The van der Waals surface area contributed by atoms with Crippen molar-refractivity contribution in [2.24, 2.45) is 0 Å². The molecule has 0 spiro atoms. The first-order chi connectivity index (χ1) is 5.86. The zero-order valence-electron chi connectivity index (χ0n) is 6.36. The van der Waals surface area contributed by atoms with Crippen LogP contribution in [-0.4, -0.2) is 22.2 Å². The summed E-state index contributed by atoms with van der Waals surface area (Å²) in [5.41, 5.74) is 1.52. The van der Waals surface area contributed by atoms with Gasteiger partial charge < -0.3 is 0 Å². The van der Waals surface area contributed by atoms with Gasteiger partial charge >= 0.3 is 0 Å². The Hall–Kier alpha value is 0.290. The lowest BCUT2D eigenvalue weighted by molar-refractivity contribution is 0.956. The van der Waals surface area contributed by atoms with Crippen LogP contribution < -0.4 is 0 Å². The zero-order chi connectivity index (χ0) is 8.81. The van der Waals surface area contributed by atoms with E-state index in [2.05, 4.69) is 10.2 Å². The van der Waals surface area contributed by atoms with Crippen molar-refractivity contribution in [2.45, 2.75) is 8.68 Å². The molecule has 1 heterocycles. The molecule has 0 aromatic carbocycles. The third-order valence-corrected chi connectivity index (χ3v) is 4.12. The van der Waals surface area contributed by atoms with Crippen molar-refractivity contribution in [3.8, 4) is 0 Å². The number of thioether (sulfide) groups is 2. The third-order valence-electron chi connectivity index (χ3n) is 0.955. The molecule has 0 fully saturated rings. The van der Waals surface area contributed by atoms with E-state index in [1.807, 2.05) is 12.3 Å². The topological polar surface area (TPSA) is 25.8 Å². The fourth-order valence-electron chi connectivity index (χ4n) is 0.494. The van der Waals surface area contributed by atoms with Crippen molar-refractivity contribution < 1.29 is 0 Å². The Bertz CT molecular complexity index is 261. The number of rotatable bonds is 4. The number of aromatic nitrogens is 2. The van der Waals surface area contributed by atoms with E-state index in [4.69, 9.17) is 11.6 Å². The van der Waals surface area contributed by atoms with Crippen LogP contribution in [0.25, 0.3) is 0 Å². The fourth-order valence-corrected chi connectivity index (χ4v) is 2.96. The summed E-state index contributed by atoms with van der Waals surface area (Å²) in [6.45, 7) is 0. The second-order valence-electron chi connectivity index (χ2n) is 1.71. The van der Waals surface area contributed by atoms with Crippen molar-refractivity contribution in [1.29, 1.82) is 0 Å². The van der Waals surface area contributed by atoms with E-state index < -0.39 is 0 Å². The summed E-state index contributed by atoms with van der Waals surface area (Å²) in [6, 6.07) is 0. The zero-order valence-corrected chi connectivity index (χ0v) is 9.56. The standard InChI is InChI=1S/C6H7ClN2S3/c1-10-5-8-9-6(12-5)11-4-2-3-7/h2-3H,4H2,1H3. The van der Waals surface area contributed by atoms with Crippen LogP contribution in [-0.2, 0) is 0 Å². The summed E-state index contributed by atoms with van der Waals surface area (Å²) < 4.78 is 2.00. The highest BCUT2D eigenvalue weighted by Crippen LogP contribution is 2.27. The van der Waals surface area contributed by atoms with Gasteiger partial charge in [0.2, 0.25) is 0 Å². The minimum atomic E-state index is 0.854. The third kappa shape index (κ3) is 3.35. The Balaban J connectivity index is 2.41. The van der Waals surface area contributed by atoms with Gasteiger partial charge in [0.25, 0.3) is 0 Å². The second kappa shape index (κ2) is 5.85. The van der Waals surface area contributed by atoms with Crippen LogP contribution in [0.2, 0.25) is 0 Å². The smallest absolute Gasteiger partial charge is 0.131 e. The highest BCUT2D eigenvalue weighted by atomic mass is 35.5. The maximum absolute atomic E-state index is 5.37. The molecular formula is C6H7ClN2S3. The van der Waals surface area contributed by atoms with Gasteiger partial charge in [-0.3, -0.25) is 0 Å². The van der Waals surface area contributed by atoms with Gasteiger partial charge in [-0.25, -0.2) is 0 Å². The van der Waals surface area contributed by atoms with E-state index in [0.29, 0.717) is 0 Å². The van der Waals surface area contributed by atoms with Gasteiger partial charge in [0.15, 0.2) is 8.68 Å². The average molecular weight is 239 g/mol. The molecule has 1 rings (SSSR count).